The van der Waals surface area contributed by atoms with Gasteiger partial charge in [-0.05, 0) is 109 Å². The number of aromatic hydroxyl groups is 1. The Morgan fingerprint density at radius 2 is 1.11 bits per heavy atom. The van der Waals surface area contributed by atoms with Gasteiger partial charge in [-0.1, -0.05) is 174 Å². The second-order valence-electron chi connectivity index (χ2n) is 19.6. The second-order valence-corrected chi connectivity index (χ2v) is 19.6. The van der Waals surface area contributed by atoms with E-state index in [0.29, 0.717) is 44.8 Å². The highest BCUT2D eigenvalue weighted by Gasteiger charge is 2.30. The number of nitrogens with zero attached hydrogens (tertiary/aromatic N) is 3. The maximum Gasteiger partial charge on any atom is 0.149 e. The Bertz CT molecular complexity index is 3240. The van der Waals surface area contributed by atoms with Crippen LogP contribution in [0.15, 0.2) is 146 Å². The number of hydrogen-bond acceptors (Lipinski definition) is 3. The number of para-hydroxylation sites is 1. The van der Waals surface area contributed by atoms with Gasteiger partial charge in [-0.15, -0.1) is 0 Å². The first-order chi connectivity index (χ1) is 32.9. The van der Waals surface area contributed by atoms with Crippen molar-refractivity contribution in [3.8, 4) is 67.5 Å². The van der Waals surface area contributed by atoms with E-state index >= 15 is 0 Å². The molecular formula is C58H61N3O. The molecule has 0 saturated heterocycles. The van der Waals surface area contributed by atoms with E-state index in [9.17, 15) is 5.11 Å². The van der Waals surface area contributed by atoms with Crippen molar-refractivity contribution >= 4 is 11.0 Å². The van der Waals surface area contributed by atoms with Crippen LogP contribution in [0.5, 0.6) is 5.75 Å². The zero-order valence-electron chi connectivity index (χ0n) is 46.1. The second kappa shape index (κ2) is 15.6. The van der Waals surface area contributed by atoms with Crippen molar-refractivity contribution in [3.63, 3.8) is 0 Å². The number of phenols is 1. The number of phenolic OH excluding ortho intramolecular Hbond substituents is 1. The van der Waals surface area contributed by atoms with E-state index in [-0.39, 0.29) is 22.1 Å². The summed E-state index contributed by atoms with van der Waals surface area (Å²) in [7, 11) is 0. The molecule has 0 fully saturated rings. The summed E-state index contributed by atoms with van der Waals surface area (Å²) in [6, 6.07) is 44.0. The summed E-state index contributed by atoms with van der Waals surface area (Å²) in [5.74, 6) is 0.402. The first-order valence-electron chi connectivity index (χ1n) is 25.7. The average molecular weight is 825 g/mol. The molecule has 0 radical (unpaired) electrons. The van der Waals surface area contributed by atoms with Crippen LogP contribution in [0.4, 0.5) is 0 Å². The molecular weight excluding hydrogens is 755 g/mol. The summed E-state index contributed by atoms with van der Waals surface area (Å²) < 4.78 is 79.5. The van der Waals surface area contributed by atoms with Gasteiger partial charge in [0.05, 0.1) is 28.0 Å². The average Bonchev–Trinajstić information content (AvgIpc) is 3.66. The minimum Gasteiger partial charge on any atom is -0.507 e. The van der Waals surface area contributed by atoms with Gasteiger partial charge in [0.2, 0.25) is 0 Å². The molecule has 1 N–H and O–H groups in total. The number of imidazole rings is 1. The Kier molecular flexibility index (Phi) is 8.15. The number of fused-ring (bicyclic) bond motifs is 1. The predicted molar refractivity (Wildman–Crippen MR) is 263 cm³/mol. The van der Waals surface area contributed by atoms with Crippen LogP contribution < -0.4 is 0 Å². The van der Waals surface area contributed by atoms with E-state index in [2.05, 4.69) is 77.9 Å². The molecule has 0 unspecified atom stereocenters. The third kappa shape index (κ3) is 8.23. The van der Waals surface area contributed by atoms with Crippen LogP contribution >= 0.6 is 0 Å². The summed E-state index contributed by atoms with van der Waals surface area (Å²) in [6.07, 6.45) is 1.83. The molecule has 0 atom stereocenters. The number of benzene rings is 6. The highest BCUT2D eigenvalue weighted by Crippen LogP contribution is 2.46. The fourth-order valence-electron chi connectivity index (χ4n) is 8.14. The molecule has 62 heavy (non-hydrogen) atoms. The maximum atomic E-state index is 12.6. The molecule has 2 heterocycles. The molecule has 6 aromatic carbocycles. The third-order valence-corrected chi connectivity index (χ3v) is 11.7. The lowest BCUT2D eigenvalue weighted by Gasteiger charge is -2.28. The largest absolute Gasteiger partial charge is 0.507 e. The molecule has 8 rings (SSSR count). The normalized spacial score (nSPS) is 15.3. The van der Waals surface area contributed by atoms with Gasteiger partial charge >= 0.3 is 0 Å². The van der Waals surface area contributed by atoms with Crippen LogP contribution in [-0.4, -0.2) is 19.6 Å². The number of pyridine rings is 1. The van der Waals surface area contributed by atoms with Crippen LogP contribution in [0.25, 0.3) is 72.7 Å². The van der Waals surface area contributed by atoms with E-state index in [1.807, 2.05) is 104 Å². The van der Waals surface area contributed by atoms with Gasteiger partial charge in [-0.2, -0.15) is 0 Å². The monoisotopic (exact) mass is 825 g/mol. The Hall–Kier alpha value is -6.26. The predicted octanol–water partition coefficient (Wildman–Crippen LogP) is 15.7. The lowest BCUT2D eigenvalue weighted by Crippen LogP contribution is -2.17. The first kappa shape index (κ1) is 32.5. The Morgan fingerprint density at radius 3 is 1.76 bits per heavy atom. The van der Waals surface area contributed by atoms with Crippen LogP contribution in [0, 0.1) is 0 Å². The van der Waals surface area contributed by atoms with E-state index in [0.717, 1.165) is 44.6 Å². The Morgan fingerprint density at radius 1 is 0.484 bits per heavy atom. The molecule has 0 aliphatic heterocycles. The van der Waals surface area contributed by atoms with E-state index in [1.165, 1.54) is 12.1 Å². The number of aromatic nitrogens is 3. The maximum absolute atomic E-state index is 12.6. The molecule has 0 amide bonds. The number of hydrogen-bond donors (Lipinski definition) is 1. The molecule has 0 bridgehead atoms. The van der Waals surface area contributed by atoms with Crippen molar-refractivity contribution in [2.75, 3.05) is 0 Å². The van der Waals surface area contributed by atoms with Crippen molar-refractivity contribution < 1.29 is 17.4 Å². The fourth-order valence-corrected chi connectivity index (χ4v) is 8.14. The minimum absolute atomic E-state index is 0.0362. The SMILES string of the molecule is [2H]C([2H])([2H])C(c1ccc(-n2c(-c3cc(C(C)(C)C)cc(C(C)(C)C)c3O)nc3c(-c4cc(-c5cc(-c6ccccc6)ccn5)cc(C(C)(C)C)c4)cccc32)c(-c2ccccc2)c1)(C([2H])([2H])[2H])C([2H])([2H])[2H]. The summed E-state index contributed by atoms with van der Waals surface area (Å²) >= 11 is 0. The van der Waals surface area contributed by atoms with Gasteiger partial charge in [0.1, 0.15) is 11.6 Å². The van der Waals surface area contributed by atoms with Crippen LogP contribution in [0.1, 0.15) is 117 Å². The zero-order valence-corrected chi connectivity index (χ0v) is 37.1. The molecule has 0 aliphatic rings. The lowest BCUT2D eigenvalue weighted by atomic mass is 9.79. The van der Waals surface area contributed by atoms with Crippen molar-refractivity contribution in [1.29, 1.82) is 0 Å². The van der Waals surface area contributed by atoms with Gasteiger partial charge in [-0.3, -0.25) is 9.55 Å². The lowest BCUT2D eigenvalue weighted by molar-refractivity contribution is 0.446. The summed E-state index contributed by atoms with van der Waals surface area (Å²) in [5, 5.41) is 12.6. The van der Waals surface area contributed by atoms with Gasteiger partial charge in [0, 0.05) is 40.8 Å². The van der Waals surface area contributed by atoms with Gasteiger partial charge in [0.25, 0.3) is 0 Å². The quantitative estimate of drug-likeness (QED) is 0.182. The van der Waals surface area contributed by atoms with Crippen molar-refractivity contribution in [3.05, 3.63) is 168 Å². The standard InChI is InChI=1S/C58H61N3O/c1-55(2,3)42-26-27-50(46(34-42)38-22-17-14-18-23-38)61-51-25-19-24-45(52(51)60-54(61)47-35-44(57(7,8)9)36-48(53(47)62)58(10,11)12)40-30-41(32-43(31-40)56(4,5)6)49-33-39(28-29-59-49)37-20-15-13-16-21-37/h13-36,62H,1-12H3/i1D3,2D3,3D3. The fraction of sp³-hybridized carbons (Fsp3) is 0.276. The topological polar surface area (TPSA) is 50.9 Å². The third-order valence-electron chi connectivity index (χ3n) is 11.7. The molecule has 4 heteroatoms. The molecule has 8 aromatic rings. The van der Waals surface area contributed by atoms with Crippen LogP contribution in [-0.2, 0) is 21.7 Å². The Labute approximate surface area is 382 Å². The summed E-state index contributed by atoms with van der Waals surface area (Å²) in [5.41, 5.74) is 6.49. The minimum atomic E-state index is -3.48. The summed E-state index contributed by atoms with van der Waals surface area (Å²) in [6.45, 7) is 8.52. The Balaban J connectivity index is 1.51. The molecule has 4 nitrogen and oxygen atoms in total. The highest BCUT2D eigenvalue weighted by atomic mass is 16.3. The van der Waals surface area contributed by atoms with Gasteiger partial charge < -0.3 is 5.11 Å². The van der Waals surface area contributed by atoms with Crippen LogP contribution in [0.3, 0.4) is 0 Å². The van der Waals surface area contributed by atoms with Crippen molar-refractivity contribution in [2.45, 2.75) is 105 Å². The molecule has 2 aromatic heterocycles. The summed E-state index contributed by atoms with van der Waals surface area (Å²) in [4.78, 5) is 10.4. The van der Waals surface area contributed by atoms with E-state index < -0.39 is 31.4 Å². The van der Waals surface area contributed by atoms with Gasteiger partial charge in [-0.25, -0.2) is 4.98 Å². The van der Waals surface area contributed by atoms with Crippen LogP contribution in [0.2, 0.25) is 0 Å². The highest BCUT2D eigenvalue weighted by molar-refractivity contribution is 5.98. The molecule has 0 saturated carbocycles. The van der Waals surface area contributed by atoms with E-state index in [1.54, 1.807) is 18.2 Å². The molecule has 314 valence electrons. The van der Waals surface area contributed by atoms with Crippen molar-refractivity contribution in [1.82, 2.24) is 14.5 Å². The first-order valence-corrected chi connectivity index (χ1v) is 21.2. The van der Waals surface area contributed by atoms with Crippen molar-refractivity contribution in [2.24, 2.45) is 0 Å². The van der Waals surface area contributed by atoms with E-state index in [4.69, 9.17) is 22.3 Å². The van der Waals surface area contributed by atoms with Gasteiger partial charge in [0.15, 0.2) is 0 Å². The zero-order chi connectivity index (χ0) is 51.9. The molecule has 0 aliphatic carbocycles. The molecule has 0 spiro atoms. The number of rotatable bonds is 6. The smallest absolute Gasteiger partial charge is 0.149 e.